The molecule has 0 aliphatic heterocycles. The van der Waals surface area contributed by atoms with Crippen molar-refractivity contribution in [2.24, 2.45) is 0 Å². The van der Waals surface area contributed by atoms with Crippen LogP contribution in [0.25, 0.3) is 10.9 Å². The van der Waals surface area contributed by atoms with Crippen molar-refractivity contribution in [2.45, 2.75) is 13.0 Å². The normalized spacial score (nSPS) is 10.7. The van der Waals surface area contributed by atoms with Gasteiger partial charge in [0.25, 0.3) is 0 Å². The molecular formula is C11H10BrNO2. The Balaban J connectivity index is 2.37. The molecule has 3 nitrogen and oxygen atoms in total. The summed E-state index contributed by atoms with van der Waals surface area (Å²) in [6, 6.07) is 7.90. The maximum absolute atomic E-state index is 10.5. The van der Waals surface area contributed by atoms with Crippen molar-refractivity contribution in [1.29, 1.82) is 0 Å². The molecule has 4 heteroatoms. The van der Waals surface area contributed by atoms with E-state index in [4.69, 9.17) is 5.11 Å². The second kappa shape index (κ2) is 4.06. The van der Waals surface area contributed by atoms with Crippen molar-refractivity contribution in [2.75, 3.05) is 0 Å². The molecule has 0 saturated heterocycles. The molecule has 1 N–H and O–H groups in total. The summed E-state index contributed by atoms with van der Waals surface area (Å²) in [7, 11) is 0. The van der Waals surface area contributed by atoms with Crippen molar-refractivity contribution in [3.05, 3.63) is 34.9 Å². The Morgan fingerprint density at radius 2 is 2.20 bits per heavy atom. The Kier molecular flexibility index (Phi) is 2.77. The third-order valence-electron chi connectivity index (χ3n) is 2.33. The molecule has 1 heterocycles. The fourth-order valence-corrected chi connectivity index (χ4v) is 2.08. The molecule has 0 aliphatic rings. The minimum Gasteiger partial charge on any atom is -0.481 e. The van der Waals surface area contributed by atoms with Gasteiger partial charge in [0.2, 0.25) is 0 Å². The standard InChI is InChI=1S/C11H10BrNO2/c12-9-2-1-3-10-8(9)4-6-13(10)7-5-11(14)15/h1-4,6H,5,7H2,(H,14,15). The van der Waals surface area contributed by atoms with Crippen LogP contribution in [0.3, 0.4) is 0 Å². The van der Waals surface area contributed by atoms with E-state index in [2.05, 4.69) is 15.9 Å². The molecular weight excluding hydrogens is 258 g/mol. The molecule has 0 bridgehead atoms. The third-order valence-corrected chi connectivity index (χ3v) is 3.02. The summed E-state index contributed by atoms with van der Waals surface area (Å²) in [5, 5.41) is 9.73. The number of halogens is 1. The summed E-state index contributed by atoms with van der Waals surface area (Å²) in [5.74, 6) is -0.771. The van der Waals surface area contributed by atoms with Gasteiger partial charge >= 0.3 is 5.97 Å². The zero-order valence-electron chi connectivity index (χ0n) is 7.98. The summed E-state index contributed by atoms with van der Waals surface area (Å²) >= 11 is 3.46. The average molecular weight is 268 g/mol. The zero-order valence-corrected chi connectivity index (χ0v) is 9.57. The predicted octanol–water partition coefficient (Wildman–Crippen LogP) is 2.88. The van der Waals surface area contributed by atoms with Gasteiger partial charge in [0.15, 0.2) is 0 Å². The highest BCUT2D eigenvalue weighted by molar-refractivity contribution is 9.10. The molecule has 2 aromatic rings. The number of hydrogen-bond donors (Lipinski definition) is 1. The van der Waals surface area contributed by atoms with E-state index in [-0.39, 0.29) is 6.42 Å². The van der Waals surface area contributed by atoms with Crippen LogP contribution in [0.5, 0.6) is 0 Å². The number of fused-ring (bicyclic) bond motifs is 1. The van der Waals surface area contributed by atoms with Crippen LogP contribution in [0, 0.1) is 0 Å². The lowest BCUT2D eigenvalue weighted by Gasteiger charge is -2.03. The van der Waals surface area contributed by atoms with Crippen LogP contribution in [-0.4, -0.2) is 15.6 Å². The van der Waals surface area contributed by atoms with Gasteiger partial charge in [0.05, 0.1) is 6.42 Å². The van der Waals surface area contributed by atoms with Crippen LogP contribution in [0.4, 0.5) is 0 Å². The van der Waals surface area contributed by atoms with Crippen molar-refractivity contribution >= 4 is 32.8 Å². The molecule has 0 radical (unpaired) electrons. The molecule has 1 aromatic carbocycles. The average Bonchev–Trinajstić information content (AvgIpc) is 2.59. The lowest BCUT2D eigenvalue weighted by atomic mass is 10.2. The van der Waals surface area contributed by atoms with Crippen LogP contribution in [0.2, 0.25) is 0 Å². The fraction of sp³-hybridized carbons (Fsp3) is 0.182. The number of rotatable bonds is 3. The SMILES string of the molecule is O=C(O)CCn1ccc2c(Br)cccc21. The second-order valence-electron chi connectivity index (χ2n) is 3.33. The highest BCUT2D eigenvalue weighted by Crippen LogP contribution is 2.24. The minimum atomic E-state index is -0.771. The van der Waals surface area contributed by atoms with E-state index in [0.29, 0.717) is 6.54 Å². The Morgan fingerprint density at radius 3 is 2.93 bits per heavy atom. The van der Waals surface area contributed by atoms with E-state index < -0.39 is 5.97 Å². The third kappa shape index (κ3) is 2.04. The highest BCUT2D eigenvalue weighted by Gasteiger charge is 2.04. The number of aliphatic carboxylic acids is 1. The van der Waals surface area contributed by atoms with Crippen LogP contribution < -0.4 is 0 Å². The Bertz CT molecular complexity index is 504. The highest BCUT2D eigenvalue weighted by atomic mass is 79.9. The van der Waals surface area contributed by atoms with Gasteiger partial charge in [0.1, 0.15) is 0 Å². The molecule has 15 heavy (non-hydrogen) atoms. The van der Waals surface area contributed by atoms with Crippen LogP contribution in [0.15, 0.2) is 34.9 Å². The maximum Gasteiger partial charge on any atom is 0.305 e. The summed E-state index contributed by atoms with van der Waals surface area (Å²) in [6.45, 7) is 0.509. The first-order chi connectivity index (χ1) is 7.18. The number of aryl methyl sites for hydroxylation is 1. The summed E-state index contributed by atoms with van der Waals surface area (Å²) < 4.78 is 2.99. The van der Waals surface area contributed by atoms with Gasteiger partial charge in [-0.2, -0.15) is 0 Å². The van der Waals surface area contributed by atoms with Crippen molar-refractivity contribution in [1.82, 2.24) is 4.57 Å². The van der Waals surface area contributed by atoms with Gasteiger partial charge in [-0.15, -0.1) is 0 Å². The summed E-state index contributed by atoms with van der Waals surface area (Å²) in [6.07, 6.45) is 2.06. The smallest absolute Gasteiger partial charge is 0.305 e. The van der Waals surface area contributed by atoms with Gasteiger partial charge in [-0.05, 0) is 18.2 Å². The minimum absolute atomic E-state index is 0.149. The van der Waals surface area contributed by atoms with E-state index in [0.717, 1.165) is 15.4 Å². The Hall–Kier alpha value is -1.29. The van der Waals surface area contributed by atoms with Crippen molar-refractivity contribution in [3.63, 3.8) is 0 Å². The predicted molar refractivity (Wildman–Crippen MR) is 61.9 cm³/mol. The maximum atomic E-state index is 10.5. The summed E-state index contributed by atoms with van der Waals surface area (Å²) in [5.41, 5.74) is 1.06. The monoisotopic (exact) mass is 267 g/mol. The van der Waals surface area contributed by atoms with Gasteiger partial charge in [-0.1, -0.05) is 22.0 Å². The van der Waals surface area contributed by atoms with Gasteiger partial charge in [0, 0.05) is 28.1 Å². The molecule has 0 fully saturated rings. The van der Waals surface area contributed by atoms with E-state index in [1.807, 2.05) is 35.0 Å². The topological polar surface area (TPSA) is 42.2 Å². The number of carboxylic acid groups (broad SMARTS) is 1. The van der Waals surface area contributed by atoms with Gasteiger partial charge < -0.3 is 9.67 Å². The van der Waals surface area contributed by atoms with Crippen molar-refractivity contribution in [3.8, 4) is 0 Å². The molecule has 1 aromatic heterocycles. The molecule has 2 rings (SSSR count). The zero-order chi connectivity index (χ0) is 10.8. The largest absolute Gasteiger partial charge is 0.481 e. The molecule has 0 amide bonds. The first-order valence-corrected chi connectivity index (χ1v) is 5.43. The molecule has 78 valence electrons. The first-order valence-electron chi connectivity index (χ1n) is 4.63. The Morgan fingerprint density at radius 1 is 1.40 bits per heavy atom. The second-order valence-corrected chi connectivity index (χ2v) is 4.18. The number of carbonyl (C=O) groups is 1. The quantitative estimate of drug-likeness (QED) is 0.930. The van der Waals surface area contributed by atoms with Crippen molar-refractivity contribution < 1.29 is 9.90 Å². The van der Waals surface area contributed by atoms with Gasteiger partial charge in [-0.25, -0.2) is 0 Å². The van der Waals surface area contributed by atoms with E-state index >= 15 is 0 Å². The van der Waals surface area contributed by atoms with Crippen LogP contribution in [0.1, 0.15) is 6.42 Å². The van der Waals surface area contributed by atoms with E-state index in [9.17, 15) is 4.79 Å². The molecule has 0 unspecified atom stereocenters. The van der Waals surface area contributed by atoms with Crippen LogP contribution >= 0.6 is 15.9 Å². The number of aromatic nitrogens is 1. The molecule has 0 aliphatic carbocycles. The number of nitrogens with zero attached hydrogens (tertiary/aromatic N) is 1. The Labute approximate surface area is 95.5 Å². The first kappa shape index (κ1) is 10.2. The molecule has 0 spiro atoms. The van der Waals surface area contributed by atoms with E-state index in [1.165, 1.54) is 0 Å². The molecule has 0 saturated carbocycles. The summed E-state index contributed by atoms with van der Waals surface area (Å²) in [4.78, 5) is 10.5. The number of carboxylic acids is 1. The lowest BCUT2D eigenvalue weighted by Crippen LogP contribution is -2.03. The van der Waals surface area contributed by atoms with Gasteiger partial charge in [-0.3, -0.25) is 4.79 Å². The fourth-order valence-electron chi connectivity index (χ4n) is 1.60. The number of hydrogen-bond acceptors (Lipinski definition) is 1. The lowest BCUT2D eigenvalue weighted by molar-refractivity contribution is -0.137. The van der Waals surface area contributed by atoms with Crippen LogP contribution in [-0.2, 0) is 11.3 Å². The van der Waals surface area contributed by atoms with E-state index in [1.54, 1.807) is 0 Å². The molecule has 0 atom stereocenters. The number of benzene rings is 1.